The third kappa shape index (κ3) is 2.37. The molecule has 3 nitrogen and oxygen atoms in total. The minimum atomic E-state index is -0.453. The highest BCUT2D eigenvalue weighted by atomic mass is 32.1. The van der Waals surface area contributed by atoms with Crippen molar-refractivity contribution in [1.29, 1.82) is 0 Å². The maximum absolute atomic E-state index is 14.1. The average molecular weight is 266 g/mol. The molecule has 2 aromatic rings. The average Bonchev–Trinajstić information content (AvgIpc) is 2.91. The molecule has 0 amide bonds. The Bertz CT molecular complexity index is 516. The van der Waals surface area contributed by atoms with Gasteiger partial charge in [-0.25, -0.2) is 9.37 Å². The van der Waals surface area contributed by atoms with Gasteiger partial charge in [0, 0.05) is 23.7 Å². The van der Waals surface area contributed by atoms with Crippen molar-refractivity contribution >= 4 is 17.2 Å². The molecule has 0 bridgehead atoms. The van der Waals surface area contributed by atoms with E-state index in [4.69, 9.17) is 5.11 Å². The van der Waals surface area contributed by atoms with Crippen LogP contribution in [0.5, 0.6) is 0 Å². The van der Waals surface area contributed by atoms with Crippen molar-refractivity contribution in [2.75, 3.05) is 11.9 Å². The topological polar surface area (TPSA) is 36.4 Å². The van der Waals surface area contributed by atoms with Crippen LogP contribution in [-0.2, 0) is 6.61 Å². The first-order valence-electron chi connectivity index (χ1n) is 5.65. The molecule has 0 radical (unpaired) electrons. The molecule has 0 aromatic carbocycles. The molecule has 1 unspecified atom stereocenters. The minimum absolute atomic E-state index is 0.0425. The van der Waals surface area contributed by atoms with Gasteiger partial charge in [0.05, 0.1) is 12.6 Å². The van der Waals surface area contributed by atoms with Crippen molar-refractivity contribution in [3.8, 4) is 0 Å². The Balaban J connectivity index is 2.31. The quantitative estimate of drug-likeness (QED) is 0.924. The fourth-order valence-corrected chi connectivity index (χ4v) is 2.57. The maximum atomic E-state index is 14.1. The Morgan fingerprint density at radius 1 is 1.50 bits per heavy atom. The number of aromatic nitrogens is 1. The van der Waals surface area contributed by atoms with Crippen LogP contribution in [0.3, 0.4) is 0 Å². The van der Waals surface area contributed by atoms with Gasteiger partial charge in [0.2, 0.25) is 0 Å². The Morgan fingerprint density at radius 3 is 2.89 bits per heavy atom. The van der Waals surface area contributed by atoms with Crippen molar-refractivity contribution in [1.82, 2.24) is 4.98 Å². The van der Waals surface area contributed by atoms with Gasteiger partial charge in [0.1, 0.15) is 0 Å². The van der Waals surface area contributed by atoms with Crippen LogP contribution >= 0.6 is 11.3 Å². The van der Waals surface area contributed by atoms with Crippen molar-refractivity contribution in [2.45, 2.75) is 19.6 Å². The zero-order valence-electron chi connectivity index (χ0n) is 10.3. The third-order valence-corrected chi connectivity index (χ3v) is 4.03. The zero-order chi connectivity index (χ0) is 13.1. The Labute approximate surface area is 110 Å². The van der Waals surface area contributed by atoms with E-state index >= 15 is 0 Å². The molecule has 0 fully saturated rings. The van der Waals surface area contributed by atoms with Crippen LogP contribution in [0.4, 0.5) is 10.2 Å². The SMILES string of the molecule is CC(c1cccs1)N(C)c1nccc(CO)c1F. The standard InChI is InChI=1S/C13H15FN2OS/c1-9(11-4-3-7-18-11)16(2)13-12(14)10(8-17)5-6-15-13/h3-7,9,17H,8H2,1-2H3. The first-order chi connectivity index (χ1) is 8.65. The van der Waals surface area contributed by atoms with Crippen molar-refractivity contribution < 1.29 is 9.50 Å². The summed E-state index contributed by atoms with van der Waals surface area (Å²) in [4.78, 5) is 6.99. The molecule has 0 aliphatic carbocycles. The first kappa shape index (κ1) is 13.0. The van der Waals surface area contributed by atoms with E-state index in [9.17, 15) is 4.39 Å². The molecular weight excluding hydrogens is 251 g/mol. The normalized spacial score (nSPS) is 12.4. The molecule has 0 aliphatic rings. The van der Waals surface area contributed by atoms with E-state index < -0.39 is 5.82 Å². The summed E-state index contributed by atoms with van der Waals surface area (Å²) in [6.45, 7) is 1.68. The molecule has 0 spiro atoms. The second kappa shape index (κ2) is 5.46. The molecule has 0 saturated heterocycles. The molecule has 18 heavy (non-hydrogen) atoms. The van der Waals surface area contributed by atoms with Gasteiger partial charge < -0.3 is 10.0 Å². The highest BCUT2D eigenvalue weighted by Gasteiger charge is 2.19. The number of thiophene rings is 1. The van der Waals surface area contributed by atoms with E-state index in [-0.39, 0.29) is 24.0 Å². The van der Waals surface area contributed by atoms with Crippen LogP contribution in [0.1, 0.15) is 23.4 Å². The summed E-state index contributed by atoms with van der Waals surface area (Å²) in [5.41, 5.74) is 0.269. The lowest BCUT2D eigenvalue weighted by Gasteiger charge is -2.25. The predicted molar refractivity (Wildman–Crippen MR) is 71.3 cm³/mol. The molecule has 1 atom stereocenters. The van der Waals surface area contributed by atoms with Gasteiger partial charge in [0.15, 0.2) is 11.6 Å². The number of nitrogens with zero attached hydrogens (tertiary/aromatic N) is 2. The predicted octanol–water partition coefficient (Wildman–Crippen LogP) is 2.97. The number of hydrogen-bond donors (Lipinski definition) is 1. The number of rotatable bonds is 4. The van der Waals surface area contributed by atoms with Crippen LogP contribution in [0.25, 0.3) is 0 Å². The largest absolute Gasteiger partial charge is 0.392 e. The summed E-state index contributed by atoms with van der Waals surface area (Å²) < 4.78 is 14.1. The Morgan fingerprint density at radius 2 is 2.28 bits per heavy atom. The van der Waals surface area contributed by atoms with Gasteiger partial charge in [-0.1, -0.05) is 6.07 Å². The lowest BCUT2D eigenvalue weighted by Crippen LogP contribution is -2.23. The van der Waals surface area contributed by atoms with E-state index in [1.807, 2.05) is 24.4 Å². The van der Waals surface area contributed by atoms with Gasteiger partial charge in [0.25, 0.3) is 0 Å². The molecule has 96 valence electrons. The number of hydrogen-bond acceptors (Lipinski definition) is 4. The van der Waals surface area contributed by atoms with E-state index in [1.165, 1.54) is 12.3 Å². The number of aliphatic hydroxyl groups excluding tert-OH is 1. The van der Waals surface area contributed by atoms with Gasteiger partial charge in [-0.05, 0) is 24.4 Å². The second-order valence-corrected chi connectivity index (χ2v) is 5.05. The van der Waals surface area contributed by atoms with Crippen molar-refractivity contribution in [3.05, 3.63) is 46.0 Å². The summed E-state index contributed by atoms with van der Waals surface area (Å²) in [7, 11) is 1.80. The molecule has 2 heterocycles. The number of aliphatic hydroxyl groups is 1. The molecule has 2 aromatic heterocycles. The zero-order valence-corrected chi connectivity index (χ0v) is 11.1. The van der Waals surface area contributed by atoms with Gasteiger partial charge in [-0.2, -0.15) is 0 Å². The van der Waals surface area contributed by atoms with Gasteiger partial charge >= 0.3 is 0 Å². The van der Waals surface area contributed by atoms with Gasteiger partial charge in [-0.3, -0.25) is 0 Å². The summed E-state index contributed by atoms with van der Waals surface area (Å²) in [5.74, 6) is -0.187. The van der Waals surface area contributed by atoms with E-state index in [2.05, 4.69) is 4.98 Å². The summed E-state index contributed by atoms with van der Waals surface area (Å²) in [5, 5.41) is 11.1. The minimum Gasteiger partial charge on any atom is -0.392 e. The third-order valence-electron chi connectivity index (χ3n) is 2.99. The van der Waals surface area contributed by atoms with Crippen molar-refractivity contribution in [2.24, 2.45) is 0 Å². The molecule has 2 rings (SSSR count). The summed E-state index contributed by atoms with van der Waals surface area (Å²) >= 11 is 1.63. The smallest absolute Gasteiger partial charge is 0.171 e. The second-order valence-electron chi connectivity index (χ2n) is 4.07. The molecular formula is C13H15FN2OS. The van der Waals surface area contributed by atoms with Crippen LogP contribution < -0.4 is 4.90 Å². The summed E-state index contributed by atoms with van der Waals surface area (Å²) in [6.07, 6.45) is 1.52. The molecule has 0 aliphatic heterocycles. The monoisotopic (exact) mass is 266 g/mol. The number of halogens is 1. The maximum Gasteiger partial charge on any atom is 0.171 e. The Hall–Kier alpha value is -1.46. The van der Waals surface area contributed by atoms with Crippen LogP contribution in [-0.4, -0.2) is 17.1 Å². The number of anilines is 1. The lowest BCUT2D eigenvalue weighted by atomic mass is 10.2. The van der Waals surface area contributed by atoms with E-state index in [0.29, 0.717) is 0 Å². The first-order valence-corrected chi connectivity index (χ1v) is 6.53. The highest BCUT2D eigenvalue weighted by molar-refractivity contribution is 7.10. The van der Waals surface area contributed by atoms with Crippen molar-refractivity contribution in [3.63, 3.8) is 0 Å². The summed E-state index contributed by atoms with van der Waals surface area (Å²) in [6, 6.07) is 5.52. The molecule has 5 heteroatoms. The van der Waals surface area contributed by atoms with Crippen LogP contribution in [0, 0.1) is 5.82 Å². The lowest BCUT2D eigenvalue weighted by molar-refractivity contribution is 0.275. The molecule has 1 N–H and O–H groups in total. The fraction of sp³-hybridized carbons (Fsp3) is 0.308. The van der Waals surface area contributed by atoms with Crippen LogP contribution in [0.15, 0.2) is 29.8 Å². The van der Waals surface area contributed by atoms with Gasteiger partial charge in [-0.15, -0.1) is 11.3 Å². The van der Waals surface area contributed by atoms with E-state index in [1.54, 1.807) is 23.3 Å². The highest BCUT2D eigenvalue weighted by Crippen LogP contribution is 2.29. The fourth-order valence-electron chi connectivity index (χ4n) is 1.74. The van der Waals surface area contributed by atoms with Crippen LogP contribution in [0.2, 0.25) is 0 Å². The number of pyridine rings is 1. The van der Waals surface area contributed by atoms with E-state index in [0.717, 1.165) is 4.88 Å². The Kier molecular flexibility index (Phi) is 3.93. The molecule has 0 saturated carbocycles.